The van der Waals surface area contributed by atoms with E-state index in [1.165, 1.54) is 0 Å². The Hall–Kier alpha value is -2.59. The van der Waals surface area contributed by atoms with Crippen molar-refractivity contribution in [3.63, 3.8) is 0 Å². The van der Waals surface area contributed by atoms with Gasteiger partial charge in [-0.25, -0.2) is 9.39 Å². The second kappa shape index (κ2) is 7.32. The summed E-state index contributed by atoms with van der Waals surface area (Å²) in [7, 11) is 3.93. The summed E-state index contributed by atoms with van der Waals surface area (Å²) >= 11 is 0. The van der Waals surface area contributed by atoms with E-state index in [4.69, 9.17) is 5.73 Å². The minimum absolute atomic E-state index is 0.0129. The van der Waals surface area contributed by atoms with Gasteiger partial charge in [0.15, 0.2) is 0 Å². The lowest BCUT2D eigenvalue weighted by Gasteiger charge is -2.38. The van der Waals surface area contributed by atoms with Gasteiger partial charge < -0.3 is 5.73 Å². The quantitative estimate of drug-likeness (QED) is 0.489. The molecule has 0 aromatic heterocycles. The van der Waals surface area contributed by atoms with Crippen LogP contribution < -0.4 is 10.7 Å². The van der Waals surface area contributed by atoms with E-state index in [2.05, 4.69) is 18.7 Å². The lowest BCUT2D eigenvalue weighted by atomic mass is 9.90. The molecule has 0 saturated carbocycles. The number of carbonyl (C=O) groups is 1. The smallest absolute Gasteiger partial charge is 0.347 e. The monoisotopic (exact) mass is 324 g/mol. The number of anilines is 1. The number of nitrogens with two attached hydrogens (primary N) is 1. The average Bonchev–Trinajstić information content (AvgIpc) is 2.57. The van der Waals surface area contributed by atoms with Crippen molar-refractivity contribution in [2.45, 2.75) is 12.8 Å². The molecule has 2 rings (SSSR count). The van der Waals surface area contributed by atoms with Gasteiger partial charge >= 0.3 is 6.03 Å². The summed E-state index contributed by atoms with van der Waals surface area (Å²) in [6.45, 7) is 6.77. The van der Waals surface area contributed by atoms with Gasteiger partial charge in [0.05, 0.1) is 20.6 Å². The number of nitrogens with zero attached hydrogens (tertiary/aromatic N) is 2. The standard InChI is InChI=1S/C20H25N3O/c1-5-17(16-12-8-7-9-13-16)18-14-10-11-15-19(18)22(20(21)24)23(3,4)6-2/h5,7-15,17H,1,6H2,2-4H3,(H-,21,24)/p+1. The van der Waals surface area contributed by atoms with Crippen LogP contribution in [0.2, 0.25) is 0 Å². The zero-order chi connectivity index (χ0) is 17.7. The van der Waals surface area contributed by atoms with Gasteiger partial charge in [-0.05, 0) is 24.1 Å². The fourth-order valence-corrected chi connectivity index (χ4v) is 2.86. The van der Waals surface area contributed by atoms with Crippen LogP contribution in [0, 0.1) is 0 Å². The molecule has 0 fully saturated rings. The Bertz CT molecular complexity index is 710. The Morgan fingerprint density at radius 1 is 1.17 bits per heavy atom. The van der Waals surface area contributed by atoms with Gasteiger partial charge in [-0.15, -0.1) is 11.6 Å². The highest BCUT2D eigenvalue weighted by Crippen LogP contribution is 2.34. The minimum atomic E-state index is -0.467. The van der Waals surface area contributed by atoms with Crippen LogP contribution >= 0.6 is 0 Å². The summed E-state index contributed by atoms with van der Waals surface area (Å²) in [5.74, 6) is -0.0129. The molecule has 2 aromatic rings. The first-order valence-corrected chi connectivity index (χ1v) is 8.11. The van der Waals surface area contributed by atoms with E-state index in [1.807, 2.05) is 69.6 Å². The molecule has 0 heterocycles. The topological polar surface area (TPSA) is 46.3 Å². The number of hydrogen-bond donors (Lipinski definition) is 1. The van der Waals surface area contributed by atoms with E-state index in [9.17, 15) is 4.79 Å². The molecule has 0 radical (unpaired) electrons. The maximum absolute atomic E-state index is 12.2. The number of hydrogen-bond acceptors (Lipinski definition) is 1. The van der Waals surface area contributed by atoms with Crippen LogP contribution in [0.3, 0.4) is 0 Å². The summed E-state index contributed by atoms with van der Waals surface area (Å²) < 4.78 is 0.352. The van der Waals surface area contributed by atoms with E-state index < -0.39 is 6.03 Å². The number of benzene rings is 2. The van der Waals surface area contributed by atoms with Gasteiger partial charge in [-0.1, -0.05) is 54.6 Å². The molecular formula is C20H26N3O+. The van der Waals surface area contributed by atoms with E-state index in [-0.39, 0.29) is 5.92 Å². The third kappa shape index (κ3) is 3.49. The Kier molecular flexibility index (Phi) is 5.42. The lowest BCUT2D eigenvalue weighted by Crippen LogP contribution is -2.59. The third-order valence-corrected chi connectivity index (χ3v) is 4.42. The highest BCUT2D eigenvalue weighted by Gasteiger charge is 2.32. The third-order valence-electron chi connectivity index (χ3n) is 4.42. The van der Waals surface area contributed by atoms with Crippen molar-refractivity contribution < 1.29 is 9.39 Å². The first-order chi connectivity index (χ1) is 11.4. The van der Waals surface area contributed by atoms with Crippen molar-refractivity contribution in [1.29, 1.82) is 0 Å². The van der Waals surface area contributed by atoms with Crippen molar-refractivity contribution in [3.05, 3.63) is 78.4 Å². The predicted octanol–water partition coefficient (Wildman–Crippen LogP) is 3.90. The lowest BCUT2D eigenvalue weighted by molar-refractivity contribution is -0.889. The SMILES string of the molecule is C=CC(c1ccccc1)c1ccccc1N(C(N)=O)[N+](C)(C)CC. The molecule has 0 saturated heterocycles. The largest absolute Gasteiger partial charge is 0.363 e. The van der Waals surface area contributed by atoms with Crippen molar-refractivity contribution in [1.82, 2.24) is 0 Å². The van der Waals surface area contributed by atoms with Crippen molar-refractivity contribution in [3.8, 4) is 0 Å². The second-order valence-electron chi connectivity index (χ2n) is 6.27. The summed E-state index contributed by atoms with van der Waals surface area (Å²) in [5, 5.41) is 1.63. The van der Waals surface area contributed by atoms with Gasteiger partial charge in [0.2, 0.25) is 0 Å². The molecule has 0 aliphatic rings. The highest BCUT2D eigenvalue weighted by molar-refractivity contribution is 5.89. The van der Waals surface area contributed by atoms with Gasteiger partial charge in [-0.2, -0.15) is 0 Å². The number of rotatable bonds is 6. The summed E-state index contributed by atoms with van der Waals surface area (Å²) in [5.41, 5.74) is 8.68. The van der Waals surface area contributed by atoms with E-state index in [0.717, 1.165) is 23.4 Å². The van der Waals surface area contributed by atoms with Crippen LogP contribution in [0.25, 0.3) is 0 Å². The number of carbonyl (C=O) groups excluding carboxylic acids is 1. The second-order valence-corrected chi connectivity index (χ2v) is 6.27. The Balaban J connectivity index is 2.61. The molecule has 2 N–H and O–H groups in total. The molecule has 1 unspecified atom stereocenters. The first kappa shape index (κ1) is 17.8. The van der Waals surface area contributed by atoms with Gasteiger partial charge in [-0.3, -0.25) is 0 Å². The van der Waals surface area contributed by atoms with Crippen molar-refractivity contribution in [2.24, 2.45) is 5.73 Å². The van der Waals surface area contributed by atoms with Crippen molar-refractivity contribution >= 4 is 11.7 Å². The minimum Gasteiger partial charge on any atom is -0.347 e. The maximum Gasteiger partial charge on any atom is 0.363 e. The normalized spacial score (nSPS) is 12.5. The van der Waals surface area contributed by atoms with Crippen LogP contribution in [0.15, 0.2) is 67.3 Å². The number of urea groups is 1. The fraction of sp³-hybridized carbons (Fsp3) is 0.250. The molecule has 0 bridgehead atoms. The van der Waals surface area contributed by atoms with Crippen LogP contribution in [0.5, 0.6) is 0 Å². The highest BCUT2D eigenvalue weighted by atomic mass is 16.2. The molecule has 2 aromatic carbocycles. The zero-order valence-electron chi connectivity index (χ0n) is 14.6. The number of primary amides is 1. The van der Waals surface area contributed by atoms with Gasteiger partial charge in [0.25, 0.3) is 0 Å². The molecule has 4 heteroatoms. The molecule has 126 valence electrons. The molecule has 0 aliphatic carbocycles. The predicted molar refractivity (Wildman–Crippen MR) is 99.6 cm³/mol. The van der Waals surface area contributed by atoms with E-state index in [1.54, 1.807) is 5.01 Å². The number of amides is 2. The Labute approximate surface area is 144 Å². The molecule has 1 atom stereocenters. The van der Waals surface area contributed by atoms with Gasteiger partial charge in [0.1, 0.15) is 5.69 Å². The Morgan fingerprint density at radius 2 is 1.75 bits per heavy atom. The average molecular weight is 324 g/mol. The summed E-state index contributed by atoms with van der Waals surface area (Å²) in [6.07, 6.45) is 1.90. The first-order valence-electron chi connectivity index (χ1n) is 8.11. The number of allylic oxidation sites excluding steroid dienone is 1. The maximum atomic E-state index is 12.2. The molecule has 2 amide bonds. The summed E-state index contributed by atoms with van der Waals surface area (Å²) in [4.78, 5) is 12.2. The fourth-order valence-electron chi connectivity index (χ4n) is 2.86. The van der Waals surface area contributed by atoms with Gasteiger partial charge in [0, 0.05) is 5.92 Å². The van der Waals surface area contributed by atoms with E-state index >= 15 is 0 Å². The van der Waals surface area contributed by atoms with Crippen LogP contribution in [0.4, 0.5) is 10.5 Å². The van der Waals surface area contributed by atoms with Crippen LogP contribution in [-0.2, 0) is 0 Å². The molecular weight excluding hydrogens is 298 g/mol. The van der Waals surface area contributed by atoms with Crippen LogP contribution in [-0.4, -0.2) is 31.3 Å². The molecule has 24 heavy (non-hydrogen) atoms. The summed E-state index contributed by atoms with van der Waals surface area (Å²) in [6, 6.07) is 17.5. The van der Waals surface area contributed by atoms with Crippen molar-refractivity contribution in [2.75, 3.05) is 25.6 Å². The number of quaternary nitrogens is 1. The van der Waals surface area contributed by atoms with E-state index in [0.29, 0.717) is 4.59 Å². The molecule has 0 aliphatic heterocycles. The van der Waals surface area contributed by atoms with Crippen LogP contribution in [0.1, 0.15) is 24.0 Å². The number of para-hydroxylation sites is 1. The zero-order valence-corrected chi connectivity index (χ0v) is 14.6. The Morgan fingerprint density at radius 3 is 2.29 bits per heavy atom. The molecule has 4 nitrogen and oxygen atoms in total. The molecule has 0 spiro atoms.